The topological polar surface area (TPSA) is 0 Å². The fourth-order valence-corrected chi connectivity index (χ4v) is 8.85. The van der Waals surface area contributed by atoms with Crippen LogP contribution in [-0.2, 0) is 0 Å². The molecular weight excluding hydrogens is 338 g/mol. The van der Waals surface area contributed by atoms with Crippen LogP contribution in [0.1, 0.15) is 20.8 Å². The zero-order chi connectivity index (χ0) is 17.6. The van der Waals surface area contributed by atoms with Crippen LogP contribution in [0.15, 0.2) is 84.2 Å². The summed E-state index contributed by atoms with van der Waals surface area (Å²) in [6.07, 6.45) is 9.84. The van der Waals surface area contributed by atoms with E-state index in [9.17, 15) is 0 Å². The van der Waals surface area contributed by atoms with E-state index in [2.05, 4.69) is 99.7 Å². The summed E-state index contributed by atoms with van der Waals surface area (Å²) in [5.74, 6) is 0.595. The van der Waals surface area contributed by atoms with Crippen molar-refractivity contribution in [2.24, 2.45) is 5.92 Å². The average molecular weight is 366 g/mol. The summed E-state index contributed by atoms with van der Waals surface area (Å²) in [5.41, 5.74) is 0.757. The van der Waals surface area contributed by atoms with Crippen molar-refractivity contribution in [2.45, 2.75) is 26.4 Å². The van der Waals surface area contributed by atoms with E-state index in [-0.39, 0.29) is 7.92 Å². The van der Waals surface area contributed by atoms with Gasteiger partial charge in [0.1, 0.15) is 0 Å². The molecule has 0 fully saturated rings. The molecule has 2 atom stereocenters. The summed E-state index contributed by atoms with van der Waals surface area (Å²) in [4.78, 5) is 0. The van der Waals surface area contributed by atoms with E-state index in [0.717, 1.165) is 5.66 Å². The summed E-state index contributed by atoms with van der Waals surface area (Å²) in [7, 11) is -0.349. The molecule has 1 aliphatic rings. The fourth-order valence-electron chi connectivity index (χ4n) is 3.74. The minimum absolute atomic E-state index is 0.101. The Bertz CT molecular complexity index is 675. The lowest BCUT2D eigenvalue weighted by atomic mass is 10.1. The van der Waals surface area contributed by atoms with Gasteiger partial charge in [-0.15, -0.1) is 7.92 Å². The zero-order valence-electron chi connectivity index (χ0n) is 15.5. The van der Waals surface area contributed by atoms with Crippen molar-refractivity contribution in [1.82, 2.24) is 0 Å². The lowest BCUT2D eigenvalue weighted by Crippen LogP contribution is -2.21. The van der Waals surface area contributed by atoms with Crippen LogP contribution in [-0.4, -0.2) is 18.0 Å². The summed E-state index contributed by atoms with van der Waals surface area (Å²) in [5, 5.41) is 4.57. The van der Waals surface area contributed by atoms with Crippen molar-refractivity contribution in [2.75, 3.05) is 12.3 Å². The Morgan fingerprint density at radius 3 is 1.84 bits per heavy atom. The second-order valence-corrected chi connectivity index (χ2v) is 11.9. The molecule has 2 aromatic rings. The largest absolute Gasteiger partial charge is 0.103 e. The number of rotatable bonds is 7. The maximum absolute atomic E-state index is 2.48. The molecule has 25 heavy (non-hydrogen) atoms. The van der Waals surface area contributed by atoms with Crippen LogP contribution in [0.3, 0.4) is 0 Å². The van der Waals surface area contributed by atoms with E-state index in [0.29, 0.717) is 5.92 Å². The Morgan fingerprint density at radius 2 is 1.36 bits per heavy atom. The van der Waals surface area contributed by atoms with Crippen LogP contribution in [0.5, 0.6) is 0 Å². The van der Waals surface area contributed by atoms with E-state index in [1.807, 2.05) is 0 Å². The number of benzene rings is 2. The third-order valence-electron chi connectivity index (χ3n) is 5.12. The Labute approximate surface area is 155 Å². The number of hydrogen-bond donors (Lipinski definition) is 0. The smallest absolute Gasteiger partial charge is 0.00967 e. The van der Waals surface area contributed by atoms with Crippen molar-refractivity contribution in [1.29, 1.82) is 0 Å². The average Bonchev–Trinajstić information content (AvgIpc) is 3.14. The lowest BCUT2D eigenvalue weighted by Gasteiger charge is -2.32. The predicted octanol–water partition coefficient (Wildman–Crippen LogP) is 6.10. The monoisotopic (exact) mass is 366 g/mol. The molecule has 2 heteroatoms. The van der Waals surface area contributed by atoms with Gasteiger partial charge >= 0.3 is 0 Å². The molecule has 2 unspecified atom stereocenters. The quantitative estimate of drug-likeness (QED) is 0.520. The number of allylic oxidation sites excluding steroid dienone is 4. The first-order chi connectivity index (χ1) is 12.3. The van der Waals surface area contributed by atoms with Crippen LogP contribution in [0, 0.1) is 5.92 Å². The van der Waals surface area contributed by atoms with Gasteiger partial charge in [0.15, 0.2) is 0 Å². The van der Waals surface area contributed by atoms with Crippen molar-refractivity contribution in [3.63, 3.8) is 0 Å². The molecule has 0 amide bonds. The van der Waals surface area contributed by atoms with Gasteiger partial charge in [-0.1, -0.05) is 99.7 Å². The van der Waals surface area contributed by atoms with E-state index in [1.165, 1.54) is 22.9 Å². The molecule has 0 bridgehead atoms. The molecule has 0 saturated heterocycles. The van der Waals surface area contributed by atoms with Gasteiger partial charge in [0, 0.05) is 5.92 Å². The Kier molecular flexibility index (Phi) is 6.63. The van der Waals surface area contributed by atoms with Gasteiger partial charge in [0.2, 0.25) is 0 Å². The second-order valence-electron chi connectivity index (χ2n) is 6.47. The van der Waals surface area contributed by atoms with Crippen molar-refractivity contribution in [3.8, 4) is 0 Å². The highest BCUT2D eigenvalue weighted by Crippen LogP contribution is 2.55. The molecule has 1 aliphatic carbocycles. The highest BCUT2D eigenvalue weighted by Gasteiger charge is 2.31. The minimum Gasteiger partial charge on any atom is -0.103 e. The molecule has 0 nitrogen and oxygen atoms in total. The highest BCUT2D eigenvalue weighted by atomic mass is 31.1. The van der Waals surface area contributed by atoms with Crippen LogP contribution in [0.2, 0.25) is 0 Å². The standard InChI is InChI=1S/C23H28P2/c1-4-24(5-2)19(3)22-17-12-18-23(22)25(20-13-8-6-9-14-20)21-15-10-7-11-16-21/h6-19,22H,4-5H2,1-3H3. The van der Waals surface area contributed by atoms with Gasteiger partial charge in [0.05, 0.1) is 0 Å². The first-order valence-electron chi connectivity index (χ1n) is 9.29. The highest BCUT2D eigenvalue weighted by molar-refractivity contribution is 7.76. The normalized spacial score (nSPS) is 18.0. The lowest BCUT2D eigenvalue weighted by molar-refractivity contribution is 0.777. The molecule has 130 valence electrons. The van der Waals surface area contributed by atoms with E-state index < -0.39 is 7.92 Å². The van der Waals surface area contributed by atoms with E-state index in [1.54, 1.807) is 5.31 Å². The minimum atomic E-state index is -0.450. The van der Waals surface area contributed by atoms with Crippen LogP contribution in [0.25, 0.3) is 0 Å². The van der Waals surface area contributed by atoms with Crippen LogP contribution < -0.4 is 10.6 Å². The molecule has 0 radical (unpaired) electrons. The maximum atomic E-state index is 2.48. The molecule has 0 aromatic heterocycles. The van der Waals surface area contributed by atoms with Crippen molar-refractivity contribution >= 4 is 26.5 Å². The molecule has 2 aromatic carbocycles. The van der Waals surface area contributed by atoms with E-state index >= 15 is 0 Å². The van der Waals surface area contributed by atoms with Crippen LogP contribution in [0.4, 0.5) is 0 Å². The summed E-state index contributed by atoms with van der Waals surface area (Å²) < 4.78 is 0. The first-order valence-corrected chi connectivity index (χ1v) is 12.4. The molecule has 0 saturated carbocycles. The predicted molar refractivity (Wildman–Crippen MR) is 117 cm³/mol. The summed E-state index contributed by atoms with van der Waals surface area (Å²) in [6, 6.07) is 22.2. The van der Waals surface area contributed by atoms with Gasteiger partial charge < -0.3 is 0 Å². The molecule has 0 spiro atoms. The summed E-state index contributed by atoms with van der Waals surface area (Å²) >= 11 is 0. The van der Waals surface area contributed by atoms with Gasteiger partial charge in [0.25, 0.3) is 0 Å². The fraction of sp³-hybridized carbons (Fsp3) is 0.304. The number of hydrogen-bond acceptors (Lipinski definition) is 0. The molecule has 3 rings (SSSR count). The molecule has 0 aliphatic heterocycles. The van der Waals surface area contributed by atoms with Gasteiger partial charge in [-0.3, -0.25) is 0 Å². The van der Waals surface area contributed by atoms with Crippen molar-refractivity contribution in [3.05, 3.63) is 84.2 Å². The maximum Gasteiger partial charge on any atom is 0.00967 e. The Balaban J connectivity index is 1.99. The van der Waals surface area contributed by atoms with Crippen molar-refractivity contribution < 1.29 is 0 Å². The van der Waals surface area contributed by atoms with E-state index in [4.69, 9.17) is 0 Å². The third-order valence-corrected chi connectivity index (χ3v) is 10.8. The van der Waals surface area contributed by atoms with Gasteiger partial charge in [-0.2, -0.15) is 0 Å². The molecule has 0 N–H and O–H groups in total. The van der Waals surface area contributed by atoms with Gasteiger partial charge in [-0.05, 0) is 41.8 Å². The third kappa shape index (κ3) is 4.13. The molecular formula is C23H28P2. The first kappa shape index (κ1) is 18.6. The summed E-state index contributed by atoms with van der Waals surface area (Å²) in [6.45, 7) is 7.21. The van der Waals surface area contributed by atoms with Crippen LogP contribution >= 0.6 is 15.8 Å². The SMILES string of the molecule is CCP(CC)C(C)C1C=CC=C1P(c1ccccc1)c1ccccc1. The zero-order valence-corrected chi connectivity index (χ0v) is 17.3. The second kappa shape index (κ2) is 8.93. The molecule has 0 heterocycles. The Hall–Kier alpha value is -1.22. The van der Waals surface area contributed by atoms with Gasteiger partial charge in [-0.25, -0.2) is 0 Å². The Morgan fingerprint density at radius 1 is 0.840 bits per heavy atom.